The Labute approximate surface area is 119 Å². The second kappa shape index (κ2) is 6.33. The Bertz CT molecular complexity index is 510. The van der Waals surface area contributed by atoms with E-state index in [4.69, 9.17) is 9.84 Å². The smallest absolute Gasteiger partial charge is 0.292 e. The molecule has 1 aliphatic heterocycles. The van der Waals surface area contributed by atoms with Gasteiger partial charge in [-0.05, 0) is 6.07 Å². The van der Waals surface area contributed by atoms with Gasteiger partial charge < -0.3 is 30.5 Å². The Hall–Kier alpha value is -1.78. The van der Waals surface area contributed by atoms with Crippen LogP contribution in [0.2, 0.25) is 0 Å². The molecule has 1 saturated heterocycles. The lowest BCUT2D eigenvalue weighted by atomic mass is 9.98. The van der Waals surface area contributed by atoms with Crippen LogP contribution in [0.1, 0.15) is 0 Å². The number of anilines is 1. The molecule has 0 spiro atoms. The molecule has 2 rings (SSSR count). The summed E-state index contributed by atoms with van der Waals surface area (Å²) in [5.41, 5.74) is -0.138. The molecule has 21 heavy (non-hydrogen) atoms. The number of ether oxygens (including phenoxy) is 1. The van der Waals surface area contributed by atoms with Crippen molar-refractivity contribution in [2.24, 2.45) is 0 Å². The van der Waals surface area contributed by atoms with Crippen LogP contribution in [0, 0.1) is 10.1 Å². The Balaban J connectivity index is 2.20. The summed E-state index contributed by atoms with van der Waals surface area (Å²) in [6, 6.07) is 5.72. The van der Waals surface area contributed by atoms with E-state index >= 15 is 0 Å². The van der Waals surface area contributed by atoms with E-state index in [1.165, 1.54) is 18.2 Å². The highest BCUT2D eigenvalue weighted by molar-refractivity contribution is 5.61. The van der Waals surface area contributed by atoms with E-state index in [-0.39, 0.29) is 11.4 Å². The lowest BCUT2D eigenvalue weighted by molar-refractivity contribution is -0.384. The van der Waals surface area contributed by atoms with Crippen molar-refractivity contribution in [3.63, 3.8) is 0 Å². The molecule has 5 atom stereocenters. The van der Waals surface area contributed by atoms with E-state index in [1.54, 1.807) is 6.07 Å². The molecule has 1 heterocycles. The lowest BCUT2D eigenvalue weighted by Gasteiger charge is -2.40. The number of hydrogen-bond donors (Lipinski definition) is 5. The minimum Gasteiger partial charge on any atom is -0.394 e. The Morgan fingerprint density at radius 3 is 2.48 bits per heavy atom. The number of aliphatic hydroxyl groups excluding tert-OH is 4. The van der Waals surface area contributed by atoms with Gasteiger partial charge in [-0.1, -0.05) is 12.1 Å². The van der Waals surface area contributed by atoms with E-state index in [9.17, 15) is 25.4 Å². The normalized spacial score (nSPS) is 32.7. The standard InChI is InChI=1S/C12H16N2O7/c15-5-8-9(16)10(17)11(18)12(21-8)13-6-3-1-2-4-7(6)14(19)20/h1-4,8-13,15-18H,5H2/t8-,9+,10+,11-,12+/m0/s1. The molecule has 0 unspecified atom stereocenters. The number of nitrogens with zero attached hydrogens (tertiary/aromatic N) is 1. The Morgan fingerprint density at radius 2 is 1.86 bits per heavy atom. The summed E-state index contributed by atoms with van der Waals surface area (Å²) in [5, 5.41) is 51.8. The van der Waals surface area contributed by atoms with Gasteiger partial charge >= 0.3 is 0 Å². The van der Waals surface area contributed by atoms with E-state index in [1.807, 2.05) is 0 Å². The third-order valence-electron chi connectivity index (χ3n) is 3.29. The SMILES string of the molecule is O=[N+]([O-])c1ccccc1N[C@@H]1O[C@@H](CO)[C@@H](O)[C@@H](O)[C@@H]1O. The molecular formula is C12H16N2O7. The van der Waals surface area contributed by atoms with Crippen LogP contribution in [0.15, 0.2) is 24.3 Å². The number of hydrogen-bond acceptors (Lipinski definition) is 8. The van der Waals surface area contributed by atoms with Crippen molar-refractivity contribution >= 4 is 11.4 Å². The van der Waals surface area contributed by atoms with Crippen LogP contribution in [0.25, 0.3) is 0 Å². The second-order valence-corrected chi connectivity index (χ2v) is 4.67. The fourth-order valence-electron chi connectivity index (χ4n) is 2.13. The average Bonchev–Trinajstić information content (AvgIpc) is 2.48. The molecule has 9 heteroatoms. The predicted octanol–water partition coefficient (Wildman–Crippen LogP) is -1.19. The van der Waals surface area contributed by atoms with Crippen LogP contribution in [-0.2, 0) is 4.74 Å². The number of aliphatic hydroxyl groups is 4. The molecule has 1 aromatic rings. The van der Waals surface area contributed by atoms with E-state index in [0.29, 0.717) is 0 Å². The molecular weight excluding hydrogens is 284 g/mol. The van der Waals surface area contributed by atoms with Crippen LogP contribution in [0.5, 0.6) is 0 Å². The first-order chi connectivity index (χ1) is 9.95. The summed E-state index contributed by atoms with van der Waals surface area (Å²) >= 11 is 0. The van der Waals surface area contributed by atoms with Gasteiger partial charge in [0.15, 0.2) is 6.23 Å². The van der Waals surface area contributed by atoms with Crippen molar-refractivity contribution < 1.29 is 30.1 Å². The summed E-state index contributed by atoms with van der Waals surface area (Å²) in [4.78, 5) is 10.3. The van der Waals surface area contributed by atoms with Gasteiger partial charge in [0.25, 0.3) is 5.69 Å². The number of nitro benzene ring substituents is 1. The zero-order valence-corrected chi connectivity index (χ0v) is 10.9. The van der Waals surface area contributed by atoms with Crippen molar-refractivity contribution in [1.82, 2.24) is 0 Å². The summed E-state index contributed by atoms with van der Waals surface area (Å²) < 4.78 is 5.23. The first-order valence-corrected chi connectivity index (χ1v) is 6.26. The molecule has 1 fully saturated rings. The number of rotatable bonds is 4. The molecule has 0 aliphatic carbocycles. The maximum absolute atomic E-state index is 10.9. The van der Waals surface area contributed by atoms with Crippen LogP contribution in [0.4, 0.5) is 11.4 Å². The maximum Gasteiger partial charge on any atom is 0.292 e. The predicted molar refractivity (Wildman–Crippen MR) is 70.5 cm³/mol. The third kappa shape index (κ3) is 3.12. The maximum atomic E-state index is 10.9. The molecule has 0 radical (unpaired) electrons. The molecule has 1 aromatic carbocycles. The molecule has 0 aromatic heterocycles. The van der Waals surface area contributed by atoms with Gasteiger partial charge in [-0.3, -0.25) is 10.1 Å². The highest BCUT2D eigenvalue weighted by atomic mass is 16.6. The molecule has 0 bridgehead atoms. The average molecular weight is 300 g/mol. The third-order valence-corrected chi connectivity index (χ3v) is 3.29. The fourth-order valence-corrected chi connectivity index (χ4v) is 2.13. The van der Waals surface area contributed by atoms with Crippen LogP contribution in [0.3, 0.4) is 0 Å². The molecule has 116 valence electrons. The zero-order chi connectivity index (χ0) is 15.6. The monoisotopic (exact) mass is 300 g/mol. The zero-order valence-electron chi connectivity index (χ0n) is 10.9. The minimum absolute atomic E-state index is 0.0897. The van der Waals surface area contributed by atoms with Crippen LogP contribution in [-0.4, -0.2) is 62.6 Å². The summed E-state index contributed by atoms with van der Waals surface area (Å²) in [5.74, 6) is 0. The lowest BCUT2D eigenvalue weighted by Crippen LogP contribution is -2.60. The van der Waals surface area contributed by atoms with E-state index in [0.717, 1.165) is 0 Å². The van der Waals surface area contributed by atoms with Gasteiger partial charge in [0, 0.05) is 6.07 Å². The Morgan fingerprint density at radius 1 is 1.19 bits per heavy atom. The van der Waals surface area contributed by atoms with Crippen molar-refractivity contribution in [3.05, 3.63) is 34.4 Å². The second-order valence-electron chi connectivity index (χ2n) is 4.67. The van der Waals surface area contributed by atoms with Gasteiger partial charge in [0.2, 0.25) is 0 Å². The van der Waals surface area contributed by atoms with Crippen molar-refractivity contribution in [3.8, 4) is 0 Å². The van der Waals surface area contributed by atoms with Crippen molar-refractivity contribution in [2.45, 2.75) is 30.6 Å². The van der Waals surface area contributed by atoms with Gasteiger partial charge in [0.1, 0.15) is 30.1 Å². The van der Waals surface area contributed by atoms with Crippen LogP contribution >= 0.6 is 0 Å². The molecule has 9 nitrogen and oxygen atoms in total. The largest absolute Gasteiger partial charge is 0.394 e. The van der Waals surface area contributed by atoms with Gasteiger partial charge in [-0.15, -0.1) is 0 Å². The summed E-state index contributed by atoms with van der Waals surface area (Å²) in [6.07, 6.45) is -6.82. The van der Waals surface area contributed by atoms with Gasteiger partial charge in [-0.25, -0.2) is 0 Å². The van der Waals surface area contributed by atoms with Gasteiger partial charge in [0.05, 0.1) is 11.5 Å². The number of benzene rings is 1. The minimum atomic E-state index is -1.55. The molecule has 0 amide bonds. The van der Waals surface area contributed by atoms with Gasteiger partial charge in [-0.2, -0.15) is 0 Å². The fraction of sp³-hybridized carbons (Fsp3) is 0.500. The molecule has 5 N–H and O–H groups in total. The number of para-hydroxylation sites is 2. The van der Waals surface area contributed by atoms with E-state index < -0.39 is 42.2 Å². The van der Waals surface area contributed by atoms with E-state index in [2.05, 4.69) is 5.32 Å². The highest BCUT2D eigenvalue weighted by Crippen LogP contribution is 2.28. The first kappa shape index (κ1) is 15.6. The summed E-state index contributed by atoms with van der Waals surface area (Å²) in [6.45, 7) is -0.569. The summed E-state index contributed by atoms with van der Waals surface area (Å²) in [7, 11) is 0. The Kier molecular flexibility index (Phi) is 4.70. The number of nitro groups is 1. The van der Waals surface area contributed by atoms with Crippen molar-refractivity contribution in [1.29, 1.82) is 0 Å². The number of nitrogens with one attached hydrogen (secondary N) is 1. The first-order valence-electron chi connectivity index (χ1n) is 6.26. The molecule has 0 saturated carbocycles. The van der Waals surface area contributed by atoms with Crippen molar-refractivity contribution in [2.75, 3.05) is 11.9 Å². The quantitative estimate of drug-likeness (QED) is 0.344. The van der Waals surface area contributed by atoms with Crippen LogP contribution < -0.4 is 5.32 Å². The topological polar surface area (TPSA) is 145 Å². The molecule has 1 aliphatic rings. The highest BCUT2D eigenvalue weighted by Gasteiger charge is 2.43.